The van der Waals surface area contributed by atoms with Crippen molar-refractivity contribution in [2.75, 3.05) is 19.7 Å². The van der Waals surface area contributed by atoms with Crippen molar-refractivity contribution in [1.82, 2.24) is 10.2 Å². The lowest BCUT2D eigenvalue weighted by atomic mass is 9.82. The number of amides is 1. The topological polar surface area (TPSA) is 50.8 Å². The fraction of sp³-hybridized carbons (Fsp3) is 0.696. The van der Waals surface area contributed by atoms with Gasteiger partial charge in [0, 0.05) is 37.7 Å². The molecule has 0 radical (unpaired) electrons. The number of hydrogen-bond donors (Lipinski definition) is 1. The summed E-state index contributed by atoms with van der Waals surface area (Å²) >= 11 is 0. The summed E-state index contributed by atoms with van der Waals surface area (Å²) in [6, 6.07) is 11.9. The molecule has 2 heterocycles. The summed E-state index contributed by atoms with van der Waals surface area (Å²) in [5.41, 5.74) is 0.931. The van der Waals surface area contributed by atoms with Crippen LogP contribution in [0.4, 0.5) is 4.79 Å². The van der Waals surface area contributed by atoms with Crippen molar-refractivity contribution in [2.45, 2.75) is 82.1 Å². The molecule has 28 heavy (non-hydrogen) atoms. The van der Waals surface area contributed by atoms with Gasteiger partial charge >= 0.3 is 6.09 Å². The Bertz CT molecular complexity index is 677. The Morgan fingerprint density at radius 3 is 2.61 bits per heavy atom. The minimum Gasteiger partial charge on any atom is -0.444 e. The molecule has 2 saturated heterocycles. The number of hydrogen-bond acceptors (Lipinski definition) is 4. The molecule has 5 nitrogen and oxygen atoms in total. The zero-order chi connectivity index (χ0) is 19.8. The lowest BCUT2D eigenvalue weighted by molar-refractivity contribution is -0.118. The van der Waals surface area contributed by atoms with Crippen LogP contribution in [-0.4, -0.2) is 54.0 Å². The summed E-state index contributed by atoms with van der Waals surface area (Å²) in [6.45, 7) is 7.99. The van der Waals surface area contributed by atoms with E-state index in [1.165, 1.54) is 12.0 Å². The van der Waals surface area contributed by atoms with Gasteiger partial charge in [-0.3, -0.25) is 0 Å². The number of benzene rings is 1. The van der Waals surface area contributed by atoms with Gasteiger partial charge in [-0.05, 0) is 58.4 Å². The molecule has 5 heteroatoms. The van der Waals surface area contributed by atoms with Gasteiger partial charge in [-0.2, -0.15) is 0 Å². The van der Waals surface area contributed by atoms with Crippen molar-refractivity contribution >= 4 is 6.09 Å². The maximum Gasteiger partial charge on any atom is 0.410 e. The molecule has 3 aliphatic rings. The first-order valence-corrected chi connectivity index (χ1v) is 10.8. The number of carbonyl (C=O) groups excluding carboxylic acids is 1. The number of nitrogens with zero attached hydrogens (tertiary/aromatic N) is 1. The number of carbonyl (C=O) groups is 1. The lowest BCUT2D eigenvalue weighted by Gasteiger charge is -2.46. The van der Waals surface area contributed by atoms with E-state index in [2.05, 4.69) is 35.6 Å². The van der Waals surface area contributed by atoms with Crippen LogP contribution in [-0.2, 0) is 9.47 Å². The Kier molecular flexibility index (Phi) is 5.41. The number of ether oxygens (including phenoxy) is 2. The van der Waals surface area contributed by atoms with Gasteiger partial charge in [0.05, 0.1) is 5.60 Å². The van der Waals surface area contributed by atoms with Crippen molar-refractivity contribution in [3.8, 4) is 0 Å². The molecule has 1 amide bonds. The quantitative estimate of drug-likeness (QED) is 0.850. The van der Waals surface area contributed by atoms with Crippen LogP contribution in [0.15, 0.2) is 30.3 Å². The highest BCUT2D eigenvalue weighted by molar-refractivity contribution is 5.68. The second-order valence-electron chi connectivity index (χ2n) is 9.71. The summed E-state index contributed by atoms with van der Waals surface area (Å²) < 4.78 is 11.8. The summed E-state index contributed by atoms with van der Waals surface area (Å²) in [7, 11) is 0. The van der Waals surface area contributed by atoms with E-state index in [9.17, 15) is 4.79 Å². The maximum absolute atomic E-state index is 12.3. The van der Waals surface area contributed by atoms with Crippen molar-refractivity contribution in [1.29, 1.82) is 0 Å². The Hall–Kier alpha value is -1.59. The highest BCUT2D eigenvalue weighted by Gasteiger charge is 2.45. The molecular formula is C23H34N2O3. The smallest absolute Gasteiger partial charge is 0.410 e. The molecule has 1 N–H and O–H groups in total. The summed E-state index contributed by atoms with van der Waals surface area (Å²) in [5.74, 6) is 0.661. The van der Waals surface area contributed by atoms with Gasteiger partial charge in [-0.15, -0.1) is 0 Å². The first kappa shape index (κ1) is 19.7. The Balaban J connectivity index is 1.27. The van der Waals surface area contributed by atoms with Crippen molar-refractivity contribution < 1.29 is 14.3 Å². The summed E-state index contributed by atoms with van der Waals surface area (Å²) in [4.78, 5) is 14.2. The Labute approximate surface area is 168 Å². The van der Waals surface area contributed by atoms with E-state index in [1.54, 1.807) is 0 Å². The van der Waals surface area contributed by atoms with E-state index >= 15 is 0 Å². The van der Waals surface area contributed by atoms with Crippen LogP contribution in [0.25, 0.3) is 0 Å². The van der Waals surface area contributed by atoms with E-state index in [0.717, 1.165) is 45.4 Å². The van der Waals surface area contributed by atoms with Crippen molar-refractivity contribution in [3.63, 3.8) is 0 Å². The molecule has 2 aliphatic heterocycles. The minimum absolute atomic E-state index is 0.0778. The highest BCUT2D eigenvalue weighted by atomic mass is 16.6. The van der Waals surface area contributed by atoms with Gasteiger partial charge in [-0.25, -0.2) is 4.79 Å². The normalized spacial score (nSPS) is 29.5. The first-order chi connectivity index (χ1) is 13.3. The Morgan fingerprint density at radius 1 is 1.21 bits per heavy atom. The molecule has 3 atom stereocenters. The SMILES string of the molecule is CC(C)(C)OC(=O)N1CCC2(CC1)CC(N[C@@H]1C[C@H]1c1ccccc1)CCO2. The maximum atomic E-state index is 12.3. The molecule has 1 aromatic rings. The Morgan fingerprint density at radius 2 is 1.93 bits per heavy atom. The first-order valence-electron chi connectivity index (χ1n) is 10.8. The van der Waals surface area contributed by atoms with E-state index in [-0.39, 0.29) is 11.7 Å². The van der Waals surface area contributed by atoms with E-state index in [1.807, 2.05) is 25.7 Å². The average molecular weight is 387 g/mol. The molecule has 4 rings (SSSR count). The van der Waals surface area contributed by atoms with Crippen LogP contribution in [0, 0.1) is 0 Å². The van der Waals surface area contributed by atoms with E-state index in [0.29, 0.717) is 18.0 Å². The monoisotopic (exact) mass is 386 g/mol. The molecule has 1 unspecified atom stereocenters. The van der Waals surface area contributed by atoms with Crippen LogP contribution in [0.3, 0.4) is 0 Å². The predicted molar refractivity (Wildman–Crippen MR) is 109 cm³/mol. The van der Waals surface area contributed by atoms with Gasteiger partial charge in [0.1, 0.15) is 5.60 Å². The van der Waals surface area contributed by atoms with Crippen LogP contribution in [0.1, 0.15) is 64.4 Å². The van der Waals surface area contributed by atoms with Crippen molar-refractivity contribution in [3.05, 3.63) is 35.9 Å². The van der Waals surface area contributed by atoms with Crippen LogP contribution in [0.5, 0.6) is 0 Å². The molecule has 1 saturated carbocycles. The van der Waals surface area contributed by atoms with Crippen LogP contribution >= 0.6 is 0 Å². The molecule has 0 bridgehead atoms. The fourth-order valence-electron chi connectivity index (χ4n) is 4.69. The standard InChI is InChI=1S/C23H34N2O3/c1-22(2,3)28-21(26)25-12-10-23(11-13-25)16-18(9-14-27-23)24-20-15-19(20)17-7-5-4-6-8-17/h4-8,18-20,24H,9-16H2,1-3H3/t18?,19-,20+/m0/s1. The van der Waals surface area contributed by atoms with Gasteiger partial charge in [0.25, 0.3) is 0 Å². The van der Waals surface area contributed by atoms with Gasteiger partial charge < -0.3 is 19.7 Å². The fourth-order valence-corrected chi connectivity index (χ4v) is 4.69. The number of piperidine rings is 1. The highest BCUT2D eigenvalue weighted by Crippen LogP contribution is 2.43. The van der Waals surface area contributed by atoms with E-state index in [4.69, 9.17) is 9.47 Å². The molecular weight excluding hydrogens is 352 g/mol. The van der Waals surface area contributed by atoms with Crippen LogP contribution < -0.4 is 5.32 Å². The number of likely N-dealkylation sites (tertiary alicyclic amines) is 1. The molecule has 1 aromatic carbocycles. The molecule has 154 valence electrons. The zero-order valence-electron chi connectivity index (χ0n) is 17.4. The van der Waals surface area contributed by atoms with Crippen LogP contribution in [0.2, 0.25) is 0 Å². The zero-order valence-corrected chi connectivity index (χ0v) is 17.4. The van der Waals surface area contributed by atoms with Gasteiger partial charge in [-0.1, -0.05) is 30.3 Å². The van der Waals surface area contributed by atoms with Gasteiger partial charge in [0.2, 0.25) is 0 Å². The van der Waals surface area contributed by atoms with E-state index < -0.39 is 5.60 Å². The third-order valence-electron chi connectivity index (χ3n) is 6.29. The third-order valence-corrected chi connectivity index (χ3v) is 6.29. The molecule has 3 fully saturated rings. The number of nitrogens with one attached hydrogen (secondary N) is 1. The molecule has 1 spiro atoms. The number of rotatable bonds is 3. The van der Waals surface area contributed by atoms with Crippen molar-refractivity contribution in [2.24, 2.45) is 0 Å². The third kappa shape index (κ3) is 4.69. The second kappa shape index (κ2) is 7.68. The lowest BCUT2D eigenvalue weighted by Crippen LogP contribution is -2.54. The second-order valence-corrected chi connectivity index (χ2v) is 9.71. The average Bonchev–Trinajstić information content (AvgIpc) is 3.41. The predicted octanol–water partition coefficient (Wildman–Crippen LogP) is 4.08. The largest absolute Gasteiger partial charge is 0.444 e. The minimum atomic E-state index is -0.442. The van der Waals surface area contributed by atoms with Gasteiger partial charge in [0.15, 0.2) is 0 Å². The molecule has 0 aromatic heterocycles. The molecule has 1 aliphatic carbocycles. The summed E-state index contributed by atoms with van der Waals surface area (Å²) in [5, 5.41) is 3.89. The summed E-state index contributed by atoms with van der Waals surface area (Å²) in [6.07, 6.45) is 4.97.